The molecule has 2 rings (SSSR count). The van der Waals surface area contributed by atoms with Crippen LogP contribution in [-0.2, 0) is 11.2 Å². The van der Waals surface area contributed by atoms with Crippen LogP contribution in [0.1, 0.15) is 24.5 Å². The Morgan fingerprint density at radius 3 is 2.72 bits per heavy atom. The fourth-order valence-corrected chi connectivity index (χ4v) is 2.61. The molecule has 0 spiro atoms. The predicted octanol–water partition coefficient (Wildman–Crippen LogP) is 4.17. The highest BCUT2D eigenvalue weighted by atomic mass is 35.5. The standard InChI is InChI=1S/C20H24ClNO3/c1-14-13-17(10-11-18(14)21)25-15(2)20(23)22-12-6-8-16-7-4-5-9-19(16)24-3/h4-5,7,9-11,13,15H,6,8,12H2,1-3H3,(H,22,23)/t15-/m0/s1. The lowest BCUT2D eigenvalue weighted by molar-refractivity contribution is -0.127. The number of hydrogen-bond acceptors (Lipinski definition) is 3. The van der Waals surface area contributed by atoms with Crippen LogP contribution < -0.4 is 14.8 Å². The molecule has 134 valence electrons. The van der Waals surface area contributed by atoms with Gasteiger partial charge in [0.15, 0.2) is 6.10 Å². The zero-order valence-electron chi connectivity index (χ0n) is 14.8. The minimum absolute atomic E-state index is 0.132. The molecule has 0 unspecified atom stereocenters. The third kappa shape index (κ3) is 5.68. The number of halogens is 1. The van der Waals surface area contributed by atoms with E-state index in [1.807, 2.05) is 37.3 Å². The van der Waals surface area contributed by atoms with Gasteiger partial charge in [-0.2, -0.15) is 0 Å². The van der Waals surface area contributed by atoms with Crippen LogP contribution in [0.2, 0.25) is 5.02 Å². The fraction of sp³-hybridized carbons (Fsp3) is 0.350. The Morgan fingerprint density at radius 1 is 1.24 bits per heavy atom. The van der Waals surface area contributed by atoms with E-state index in [0.717, 1.165) is 29.7 Å². The van der Waals surface area contributed by atoms with Crippen molar-refractivity contribution in [2.24, 2.45) is 0 Å². The van der Waals surface area contributed by atoms with Crippen LogP contribution in [0.25, 0.3) is 0 Å². The van der Waals surface area contributed by atoms with Gasteiger partial charge in [-0.25, -0.2) is 0 Å². The Hall–Kier alpha value is -2.20. The van der Waals surface area contributed by atoms with Crippen LogP contribution in [0.5, 0.6) is 11.5 Å². The quantitative estimate of drug-likeness (QED) is 0.718. The summed E-state index contributed by atoms with van der Waals surface area (Å²) >= 11 is 5.99. The topological polar surface area (TPSA) is 47.6 Å². The molecule has 1 N–H and O–H groups in total. The molecule has 5 heteroatoms. The number of hydrogen-bond donors (Lipinski definition) is 1. The van der Waals surface area contributed by atoms with Gasteiger partial charge in [-0.15, -0.1) is 0 Å². The number of nitrogens with one attached hydrogen (secondary N) is 1. The van der Waals surface area contributed by atoms with Gasteiger partial charge in [0, 0.05) is 11.6 Å². The molecule has 0 fully saturated rings. The summed E-state index contributed by atoms with van der Waals surface area (Å²) < 4.78 is 11.0. The highest BCUT2D eigenvalue weighted by Crippen LogP contribution is 2.22. The highest BCUT2D eigenvalue weighted by molar-refractivity contribution is 6.31. The van der Waals surface area contributed by atoms with Gasteiger partial charge < -0.3 is 14.8 Å². The summed E-state index contributed by atoms with van der Waals surface area (Å²) in [6.45, 7) is 4.22. The van der Waals surface area contributed by atoms with Crippen LogP contribution in [0.15, 0.2) is 42.5 Å². The van der Waals surface area contributed by atoms with E-state index in [2.05, 4.69) is 5.32 Å². The first-order valence-electron chi connectivity index (χ1n) is 8.33. The normalized spacial score (nSPS) is 11.7. The summed E-state index contributed by atoms with van der Waals surface area (Å²) in [7, 11) is 1.66. The first-order chi connectivity index (χ1) is 12.0. The molecule has 0 aromatic heterocycles. The second kappa shape index (κ2) is 9.33. The van der Waals surface area contributed by atoms with Gasteiger partial charge in [-0.05, 0) is 62.1 Å². The molecule has 0 bridgehead atoms. The summed E-state index contributed by atoms with van der Waals surface area (Å²) in [5, 5.41) is 3.59. The molecule has 0 aliphatic heterocycles. The molecule has 0 saturated carbocycles. The van der Waals surface area contributed by atoms with Crippen molar-refractivity contribution in [2.45, 2.75) is 32.8 Å². The first kappa shape index (κ1) is 19.1. The zero-order chi connectivity index (χ0) is 18.2. The van der Waals surface area contributed by atoms with Gasteiger partial charge in [0.1, 0.15) is 11.5 Å². The molecule has 1 amide bonds. The molecule has 2 aromatic carbocycles. The van der Waals surface area contributed by atoms with E-state index in [4.69, 9.17) is 21.1 Å². The first-order valence-corrected chi connectivity index (χ1v) is 8.71. The summed E-state index contributed by atoms with van der Waals surface area (Å²) in [5.41, 5.74) is 2.06. The van der Waals surface area contributed by atoms with Crippen molar-refractivity contribution >= 4 is 17.5 Å². The van der Waals surface area contributed by atoms with Crippen LogP contribution in [0.3, 0.4) is 0 Å². The number of rotatable bonds is 8. The Labute approximate surface area is 154 Å². The average molecular weight is 362 g/mol. The van der Waals surface area contributed by atoms with Crippen LogP contribution >= 0.6 is 11.6 Å². The molecule has 0 aliphatic rings. The number of ether oxygens (including phenoxy) is 2. The van der Waals surface area contributed by atoms with Crippen LogP contribution in [0, 0.1) is 6.92 Å². The van der Waals surface area contributed by atoms with Crippen LogP contribution in [0.4, 0.5) is 0 Å². The summed E-state index contributed by atoms with van der Waals surface area (Å²) in [6, 6.07) is 13.3. The fourth-order valence-electron chi connectivity index (χ4n) is 2.49. The van der Waals surface area contributed by atoms with Gasteiger partial charge in [-0.3, -0.25) is 4.79 Å². The predicted molar refractivity (Wildman–Crippen MR) is 101 cm³/mol. The molecule has 1 atom stereocenters. The Kier molecular flexibility index (Phi) is 7.14. The second-order valence-electron chi connectivity index (χ2n) is 5.88. The molecule has 0 radical (unpaired) electrons. The van der Waals surface area contributed by atoms with Crippen molar-refractivity contribution in [3.8, 4) is 11.5 Å². The number of carbonyl (C=O) groups is 1. The largest absolute Gasteiger partial charge is 0.496 e. The number of para-hydroxylation sites is 1. The Morgan fingerprint density at radius 2 is 2.00 bits per heavy atom. The molecule has 0 heterocycles. The van der Waals surface area contributed by atoms with E-state index in [0.29, 0.717) is 17.3 Å². The smallest absolute Gasteiger partial charge is 0.260 e. The van der Waals surface area contributed by atoms with Crippen molar-refractivity contribution in [1.82, 2.24) is 5.32 Å². The number of methoxy groups -OCH3 is 1. The van der Waals surface area contributed by atoms with Gasteiger partial charge >= 0.3 is 0 Å². The third-order valence-corrected chi connectivity index (χ3v) is 4.35. The van der Waals surface area contributed by atoms with Gasteiger partial charge in [0.2, 0.25) is 0 Å². The lowest BCUT2D eigenvalue weighted by Gasteiger charge is -2.15. The van der Waals surface area contributed by atoms with Crippen molar-refractivity contribution in [3.63, 3.8) is 0 Å². The van der Waals surface area contributed by atoms with Crippen LogP contribution in [-0.4, -0.2) is 25.7 Å². The average Bonchev–Trinajstić information content (AvgIpc) is 2.62. The maximum Gasteiger partial charge on any atom is 0.260 e. The van der Waals surface area contributed by atoms with Gasteiger partial charge in [-0.1, -0.05) is 29.8 Å². The summed E-state index contributed by atoms with van der Waals surface area (Å²) in [4.78, 5) is 12.1. The van der Waals surface area contributed by atoms with Gasteiger partial charge in [0.25, 0.3) is 5.91 Å². The molecule has 0 aliphatic carbocycles. The van der Waals surface area contributed by atoms with E-state index in [9.17, 15) is 4.79 Å². The minimum atomic E-state index is -0.563. The summed E-state index contributed by atoms with van der Waals surface area (Å²) in [6.07, 6.45) is 1.11. The SMILES string of the molecule is COc1ccccc1CCCNC(=O)[C@H](C)Oc1ccc(Cl)c(C)c1. The van der Waals surface area contributed by atoms with E-state index in [1.54, 1.807) is 26.2 Å². The number of carbonyl (C=O) groups excluding carboxylic acids is 1. The second-order valence-corrected chi connectivity index (χ2v) is 6.28. The molecule has 4 nitrogen and oxygen atoms in total. The maximum absolute atomic E-state index is 12.1. The lowest BCUT2D eigenvalue weighted by atomic mass is 10.1. The number of aryl methyl sites for hydroxylation is 2. The molecule has 0 saturated heterocycles. The van der Waals surface area contributed by atoms with Gasteiger partial charge in [0.05, 0.1) is 7.11 Å². The highest BCUT2D eigenvalue weighted by Gasteiger charge is 2.14. The Balaban J connectivity index is 1.76. The Bertz CT molecular complexity index is 718. The van der Waals surface area contributed by atoms with Crippen molar-refractivity contribution in [1.29, 1.82) is 0 Å². The number of benzene rings is 2. The summed E-state index contributed by atoms with van der Waals surface area (Å²) in [5.74, 6) is 1.38. The van der Waals surface area contributed by atoms with E-state index in [1.165, 1.54) is 0 Å². The molecule has 25 heavy (non-hydrogen) atoms. The monoisotopic (exact) mass is 361 g/mol. The number of amides is 1. The molecular formula is C20H24ClNO3. The zero-order valence-corrected chi connectivity index (χ0v) is 15.6. The van der Waals surface area contributed by atoms with Crippen molar-refractivity contribution in [2.75, 3.05) is 13.7 Å². The lowest BCUT2D eigenvalue weighted by Crippen LogP contribution is -2.36. The van der Waals surface area contributed by atoms with E-state index < -0.39 is 6.10 Å². The third-order valence-electron chi connectivity index (χ3n) is 3.93. The maximum atomic E-state index is 12.1. The van der Waals surface area contributed by atoms with Crippen molar-refractivity contribution < 1.29 is 14.3 Å². The van der Waals surface area contributed by atoms with Crippen molar-refractivity contribution in [3.05, 3.63) is 58.6 Å². The minimum Gasteiger partial charge on any atom is -0.496 e. The van der Waals surface area contributed by atoms with E-state index in [-0.39, 0.29) is 5.91 Å². The molecule has 2 aromatic rings. The van der Waals surface area contributed by atoms with E-state index >= 15 is 0 Å². The molecular weight excluding hydrogens is 338 g/mol.